The second kappa shape index (κ2) is 23.8. The third-order valence-corrected chi connectivity index (χ3v) is 9.97. The lowest BCUT2D eigenvalue weighted by Gasteiger charge is -2.47. The first-order valence-corrected chi connectivity index (χ1v) is 21.2. The minimum absolute atomic E-state index is 0.113. The Morgan fingerprint density at radius 1 is 0.672 bits per heavy atom. The van der Waals surface area contributed by atoms with Crippen LogP contribution >= 0.6 is 0 Å². The van der Waals surface area contributed by atoms with Crippen LogP contribution in [0.4, 0.5) is 4.79 Å². The fraction of sp³-hybridized carbons (Fsp3) is 0.449. The van der Waals surface area contributed by atoms with Gasteiger partial charge in [0.1, 0.15) is 42.6 Å². The van der Waals surface area contributed by atoms with E-state index >= 15 is 0 Å². The lowest BCUT2D eigenvalue weighted by Crippen LogP contribution is -2.67. The third kappa shape index (κ3) is 15.1. The molecule has 0 bridgehead atoms. The van der Waals surface area contributed by atoms with Crippen molar-refractivity contribution in [1.29, 1.82) is 0 Å². The van der Waals surface area contributed by atoms with E-state index < -0.39 is 60.2 Å². The molecule has 6 atom stereocenters. The van der Waals surface area contributed by atoms with Crippen LogP contribution in [0.25, 0.3) is 0 Å². The van der Waals surface area contributed by atoms with Crippen molar-refractivity contribution in [3.63, 3.8) is 0 Å². The second-order valence-corrected chi connectivity index (χ2v) is 16.5. The zero-order valence-corrected chi connectivity index (χ0v) is 36.4. The number of rotatable bonds is 21. The SMILES string of the molecule is CCCN(C(=O)CNC(=O)OC(C)(C)C)[C@@H](C(=O)N[C@@H]1O[C@H](COCc2ccccc2)[C@@H](OCc2ccccc2)[C@H](OCc2ccccc2)[C@H]1OCc1ccccc1)C(C)C. The highest BCUT2D eigenvalue weighted by Gasteiger charge is 2.50. The van der Waals surface area contributed by atoms with Gasteiger partial charge in [0.2, 0.25) is 11.8 Å². The van der Waals surface area contributed by atoms with E-state index in [4.69, 9.17) is 28.4 Å². The van der Waals surface area contributed by atoms with E-state index in [9.17, 15) is 14.4 Å². The highest BCUT2D eigenvalue weighted by Crippen LogP contribution is 2.31. The van der Waals surface area contributed by atoms with Crippen LogP contribution in [0, 0.1) is 5.92 Å². The van der Waals surface area contributed by atoms with Gasteiger partial charge in [-0.2, -0.15) is 0 Å². The molecule has 12 nitrogen and oxygen atoms in total. The van der Waals surface area contributed by atoms with Crippen molar-refractivity contribution in [3.8, 4) is 0 Å². The molecule has 1 saturated heterocycles. The van der Waals surface area contributed by atoms with Crippen molar-refractivity contribution in [2.75, 3.05) is 19.7 Å². The number of nitrogens with zero attached hydrogens (tertiary/aromatic N) is 1. The number of hydrogen-bond acceptors (Lipinski definition) is 9. The van der Waals surface area contributed by atoms with Crippen LogP contribution in [0.15, 0.2) is 121 Å². The molecule has 0 saturated carbocycles. The van der Waals surface area contributed by atoms with Crippen LogP contribution in [0.2, 0.25) is 0 Å². The number of benzene rings is 4. The van der Waals surface area contributed by atoms with Gasteiger partial charge < -0.3 is 44.0 Å². The van der Waals surface area contributed by atoms with Crippen molar-refractivity contribution in [1.82, 2.24) is 15.5 Å². The minimum atomic E-state index is -1.06. The van der Waals surface area contributed by atoms with E-state index in [1.165, 1.54) is 4.90 Å². The van der Waals surface area contributed by atoms with Gasteiger partial charge in [0.25, 0.3) is 0 Å². The number of ether oxygens (including phenoxy) is 6. The fourth-order valence-corrected chi connectivity index (χ4v) is 7.16. The molecule has 328 valence electrons. The topological polar surface area (TPSA) is 134 Å². The van der Waals surface area contributed by atoms with E-state index in [1.807, 2.05) is 142 Å². The normalized spacial score (nSPS) is 19.5. The van der Waals surface area contributed by atoms with E-state index in [1.54, 1.807) is 20.8 Å². The van der Waals surface area contributed by atoms with E-state index in [2.05, 4.69) is 10.6 Å². The summed E-state index contributed by atoms with van der Waals surface area (Å²) in [4.78, 5) is 42.6. The first-order valence-electron chi connectivity index (χ1n) is 21.2. The minimum Gasteiger partial charge on any atom is -0.444 e. The summed E-state index contributed by atoms with van der Waals surface area (Å²) in [5.74, 6) is -1.18. The maximum Gasteiger partial charge on any atom is 0.408 e. The Morgan fingerprint density at radius 3 is 1.59 bits per heavy atom. The van der Waals surface area contributed by atoms with Gasteiger partial charge in [-0.15, -0.1) is 0 Å². The quantitative estimate of drug-likeness (QED) is 0.0871. The Balaban J connectivity index is 1.49. The van der Waals surface area contributed by atoms with Gasteiger partial charge in [0.15, 0.2) is 6.23 Å². The van der Waals surface area contributed by atoms with Gasteiger partial charge in [0, 0.05) is 6.54 Å². The first kappa shape index (κ1) is 46.9. The average Bonchev–Trinajstić information content (AvgIpc) is 3.24. The molecule has 1 heterocycles. The number of carbonyl (C=O) groups excluding carboxylic acids is 3. The Hall–Kier alpha value is -5.11. The van der Waals surface area contributed by atoms with Crippen LogP contribution in [0.1, 0.15) is 70.2 Å². The molecule has 4 aromatic rings. The van der Waals surface area contributed by atoms with Crippen LogP contribution < -0.4 is 10.6 Å². The van der Waals surface area contributed by atoms with Gasteiger partial charge in [-0.3, -0.25) is 9.59 Å². The molecule has 5 rings (SSSR count). The highest BCUT2D eigenvalue weighted by atomic mass is 16.6. The Morgan fingerprint density at radius 2 is 1.13 bits per heavy atom. The highest BCUT2D eigenvalue weighted by molar-refractivity contribution is 5.90. The van der Waals surface area contributed by atoms with E-state index in [0.29, 0.717) is 13.0 Å². The van der Waals surface area contributed by atoms with Crippen LogP contribution in [-0.2, 0) is 64.4 Å². The monoisotopic (exact) mass is 837 g/mol. The Bertz CT molecular complexity index is 1890. The van der Waals surface area contributed by atoms with E-state index in [-0.39, 0.29) is 45.4 Å². The summed E-state index contributed by atoms with van der Waals surface area (Å²) in [6, 6.07) is 38.4. The molecule has 0 spiro atoms. The van der Waals surface area contributed by atoms with Gasteiger partial charge in [-0.05, 0) is 55.4 Å². The summed E-state index contributed by atoms with van der Waals surface area (Å²) in [5.41, 5.74) is 3.08. The molecule has 61 heavy (non-hydrogen) atoms. The van der Waals surface area contributed by atoms with Crippen molar-refractivity contribution in [2.24, 2.45) is 5.92 Å². The first-order chi connectivity index (χ1) is 29.4. The fourth-order valence-electron chi connectivity index (χ4n) is 7.16. The van der Waals surface area contributed by atoms with Crippen molar-refractivity contribution in [2.45, 2.75) is 117 Å². The molecule has 0 aliphatic carbocycles. The summed E-state index contributed by atoms with van der Waals surface area (Å²) < 4.78 is 38.9. The van der Waals surface area contributed by atoms with Crippen LogP contribution in [-0.4, -0.2) is 84.8 Å². The summed E-state index contributed by atoms with van der Waals surface area (Å²) in [6.07, 6.45) is -4.27. The van der Waals surface area contributed by atoms with Gasteiger partial charge >= 0.3 is 6.09 Å². The maximum absolute atomic E-state index is 14.7. The molecule has 1 fully saturated rings. The molecule has 1 aliphatic rings. The standard InChI is InChI=1S/C49H63N3O9/c1-7-28-52(41(53)29-50-48(55)61-49(4,5)6)42(35(2)3)46(54)51-47-45(59-33-39-26-18-11-19-27-39)44(58-32-38-24-16-10-17-25-38)43(57-31-37-22-14-9-15-23-37)40(60-47)34-56-30-36-20-12-8-13-21-36/h8-27,35,40,42-45,47H,7,28-34H2,1-6H3,(H,50,55)(H,51,54)/t40-,42-,43-,44+,45-,47-/m1/s1. The Kier molecular flexibility index (Phi) is 18.3. The molecular formula is C49H63N3O9. The Labute approximate surface area is 361 Å². The van der Waals surface area contributed by atoms with Crippen LogP contribution in [0.3, 0.4) is 0 Å². The van der Waals surface area contributed by atoms with E-state index in [0.717, 1.165) is 22.3 Å². The molecule has 12 heteroatoms. The molecular weight excluding hydrogens is 775 g/mol. The third-order valence-electron chi connectivity index (χ3n) is 9.97. The summed E-state index contributed by atoms with van der Waals surface area (Å²) in [6.45, 7) is 12.0. The summed E-state index contributed by atoms with van der Waals surface area (Å²) >= 11 is 0. The van der Waals surface area contributed by atoms with Crippen LogP contribution in [0.5, 0.6) is 0 Å². The smallest absolute Gasteiger partial charge is 0.408 e. The predicted molar refractivity (Wildman–Crippen MR) is 233 cm³/mol. The van der Waals surface area contributed by atoms with Gasteiger partial charge in [0.05, 0.1) is 33.0 Å². The number of carbonyl (C=O) groups is 3. The summed E-state index contributed by atoms with van der Waals surface area (Å²) in [5, 5.41) is 5.71. The largest absolute Gasteiger partial charge is 0.444 e. The molecule has 4 aromatic carbocycles. The zero-order valence-electron chi connectivity index (χ0n) is 36.4. The number of nitrogens with one attached hydrogen (secondary N) is 2. The molecule has 0 unspecified atom stereocenters. The summed E-state index contributed by atoms with van der Waals surface area (Å²) in [7, 11) is 0. The number of hydrogen-bond donors (Lipinski definition) is 2. The predicted octanol–water partition coefficient (Wildman–Crippen LogP) is 7.59. The van der Waals surface area contributed by atoms with Gasteiger partial charge in [-0.25, -0.2) is 4.79 Å². The van der Waals surface area contributed by atoms with Crippen molar-refractivity contribution >= 4 is 17.9 Å². The zero-order chi connectivity index (χ0) is 43.6. The lowest BCUT2D eigenvalue weighted by atomic mass is 9.95. The van der Waals surface area contributed by atoms with Crippen molar-refractivity contribution < 1.29 is 42.8 Å². The lowest BCUT2D eigenvalue weighted by molar-refractivity contribution is -0.277. The molecule has 0 radical (unpaired) electrons. The second-order valence-electron chi connectivity index (χ2n) is 16.5. The molecule has 0 aromatic heterocycles. The maximum atomic E-state index is 14.7. The number of amides is 3. The molecule has 3 amide bonds. The molecule has 1 aliphatic heterocycles. The van der Waals surface area contributed by atoms with Gasteiger partial charge in [-0.1, -0.05) is 142 Å². The average molecular weight is 838 g/mol. The van der Waals surface area contributed by atoms with Crippen molar-refractivity contribution in [3.05, 3.63) is 144 Å². The molecule has 2 N–H and O–H groups in total. The number of alkyl carbamates (subject to hydrolysis) is 1.